The number of carbonyl (C=O) groups excluding carboxylic acids is 1. The molecule has 0 heterocycles. The van der Waals surface area contributed by atoms with E-state index in [0.717, 1.165) is 22.5 Å². The first-order valence-electron chi connectivity index (χ1n) is 7.12. The Labute approximate surface area is 125 Å². The maximum atomic E-state index is 12.9. The fraction of sp³-hybridized carbons (Fsp3) is 0.211. The highest BCUT2D eigenvalue weighted by molar-refractivity contribution is 6.30. The summed E-state index contributed by atoms with van der Waals surface area (Å²) in [5.41, 5.74) is 5.02. The predicted molar refractivity (Wildman–Crippen MR) is 84.8 cm³/mol. The van der Waals surface area contributed by atoms with Gasteiger partial charge < -0.3 is 4.74 Å². The Kier molecular flexibility index (Phi) is 3.38. The lowest BCUT2D eigenvalue weighted by atomic mass is 9.96. The molecule has 1 unspecified atom stereocenters. The maximum Gasteiger partial charge on any atom is 0.193 e. The number of methoxy groups -OCH3 is 1. The van der Waals surface area contributed by atoms with Gasteiger partial charge in [0.25, 0.3) is 0 Å². The van der Waals surface area contributed by atoms with Gasteiger partial charge in [0.2, 0.25) is 0 Å². The summed E-state index contributed by atoms with van der Waals surface area (Å²) in [7, 11) is 1.62. The zero-order valence-electron chi connectivity index (χ0n) is 12.5. The molecule has 0 aromatic heterocycles. The number of hydrogen-bond acceptors (Lipinski definition) is 2. The molecule has 2 heteroatoms. The van der Waals surface area contributed by atoms with E-state index in [0.29, 0.717) is 11.5 Å². The minimum atomic E-state index is 0.0898. The molecule has 0 aliphatic heterocycles. The van der Waals surface area contributed by atoms with Gasteiger partial charge in [-0.25, -0.2) is 0 Å². The fourth-order valence-electron chi connectivity index (χ4n) is 2.95. The normalized spacial score (nSPS) is 16.8. The lowest BCUT2D eigenvalue weighted by Crippen LogP contribution is -2.02. The number of allylic oxidation sites excluding steroid dienone is 2. The zero-order chi connectivity index (χ0) is 15.0. The van der Waals surface area contributed by atoms with Gasteiger partial charge >= 0.3 is 0 Å². The van der Waals surface area contributed by atoms with Crippen LogP contribution < -0.4 is 4.74 Å². The van der Waals surface area contributed by atoms with Crippen molar-refractivity contribution in [2.24, 2.45) is 0 Å². The van der Waals surface area contributed by atoms with Crippen LogP contribution in [0, 0.1) is 0 Å². The molecule has 0 saturated heterocycles. The fourth-order valence-corrected chi connectivity index (χ4v) is 2.95. The van der Waals surface area contributed by atoms with Gasteiger partial charge in [0.1, 0.15) is 5.75 Å². The van der Waals surface area contributed by atoms with Crippen molar-refractivity contribution >= 4 is 11.4 Å². The quantitative estimate of drug-likeness (QED) is 0.774. The van der Waals surface area contributed by atoms with Crippen molar-refractivity contribution in [3.63, 3.8) is 0 Å². The van der Waals surface area contributed by atoms with Crippen molar-refractivity contribution in [2.45, 2.75) is 19.8 Å². The second kappa shape index (κ2) is 5.21. The Morgan fingerprint density at radius 2 is 1.71 bits per heavy atom. The first-order chi connectivity index (χ1) is 10.1. The van der Waals surface area contributed by atoms with Crippen molar-refractivity contribution in [1.29, 1.82) is 0 Å². The van der Waals surface area contributed by atoms with E-state index in [2.05, 4.69) is 19.9 Å². The number of ether oxygens (including phenoxy) is 1. The monoisotopic (exact) mass is 278 g/mol. The van der Waals surface area contributed by atoms with E-state index in [4.69, 9.17) is 4.74 Å². The van der Waals surface area contributed by atoms with E-state index < -0.39 is 0 Å². The van der Waals surface area contributed by atoms with Gasteiger partial charge in [-0.15, -0.1) is 0 Å². The minimum Gasteiger partial charge on any atom is -0.497 e. The van der Waals surface area contributed by atoms with E-state index in [1.807, 2.05) is 42.5 Å². The summed E-state index contributed by atoms with van der Waals surface area (Å²) in [6.45, 7) is 4.21. The van der Waals surface area contributed by atoms with Crippen molar-refractivity contribution in [1.82, 2.24) is 0 Å². The van der Waals surface area contributed by atoms with Crippen LogP contribution in [-0.2, 0) is 0 Å². The van der Waals surface area contributed by atoms with Gasteiger partial charge in [-0.1, -0.05) is 36.8 Å². The lowest BCUT2D eigenvalue weighted by molar-refractivity contribution is 0.105. The van der Waals surface area contributed by atoms with E-state index in [1.54, 1.807) is 7.11 Å². The molecule has 106 valence electrons. The average Bonchev–Trinajstić information content (AvgIpc) is 2.79. The van der Waals surface area contributed by atoms with Gasteiger partial charge in [-0.2, -0.15) is 0 Å². The second-order valence-electron chi connectivity index (χ2n) is 5.42. The number of rotatable bonds is 3. The number of carbonyl (C=O) groups is 1. The molecule has 0 spiro atoms. The van der Waals surface area contributed by atoms with E-state index in [1.165, 1.54) is 5.56 Å². The van der Waals surface area contributed by atoms with Crippen LogP contribution >= 0.6 is 0 Å². The summed E-state index contributed by atoms with van der Waals surface area (Å²) < 4.78 is 5.15. The Bertz CT molecular complexity index is 723. The van der Waals surface area contributed by atoms with Crippen molar-refractivity contribution in [3.05, 3.63) is 70.8 Å². The van der Waals surface area contributed by atoms with Crippen LogP contribution in [0.1, 0.15) is 41.3 Å². The minimum absolute atomic E-state index is 0.0898. The molecule has 0 amide bonds. The van der Waals surface area contributed by atoms with Crippen molar-refractivity contribution in [2.75, 3.05) is 7.11 Å². The van der Waals surface area contributed by atoms with Crippen LogP contribution in [0.2, 0.25) is 0 Å². The molecule has 0 radical (unpaired) electrons. The first-order valence-corrected chi connectivity index (χ1v) is 7.12. The van der Waals surface area contributed by atoms with Gasteiger partial charge in [0.05, 0.1) is 7.11 Å². The highest BCUT2D eigenvalue weighted by Gasteiger charge is 2.29. The van der Waals surface area contributed by atoms with Gasteiger partial charge in [-0.3, -0.25) is 4.79 Å². The molecule has 21 heavy (non-hydrogen) atoms. The summed E-state index contributed by atoms with van der Waals surface area (Å²) in [6.07, 6.45) is 0. The highest BCUT2D eigenvalue weighted by atomic mass is 16.5. The highest BCUT2D eigenvalue weighted by Crippen LogP contribution is 2.42. The third kappa shape index (κ3) is 2.17. The summed E-state index contributed by atoms with van der Waals surface area (Å²) in [4.78, 5) is 12.9. The molecular weight excluding hydrogens is 260 g/mol. The Morgan fingerprint density at radius 1 is 1.05 bits per heavy atom. The molecule has 2 nitrogen and oxygen atoms in total. The standard InChI is InChI=1S/C19H18O2/c1-12-13(2)18(17-7-5-4-6-16(12)17)19(20)14-8-10-15(21-3)11-9-14/h4-12H,1-3H3. The Balaban J connectivity index is 2.05. The number of Topliss-reactive ketones (excluding diaryl/α,β-unsaturated/α-hetero) is 1. The molecule has 0 N–H and O–H groups in total. The van der Waals surface area contributed by atoms with Crippen LogP contribution in [0.3, 0.4) is 0 Å². The van der Waals surface area contributed by atoms with Gasteiger partial charge in [0, 0.05) is 17.1 Å². The van der Waals surface area contributed by atoms with Crippen molar-refractivity contribution < 1.29 is 9.53 Å². The predicted octanol–water partition coefficient (Wildman–Crippen LogP) is 4.47. The summed E-state index contributed by atoms with van der Waals surface area (Å²) in [6, 6.07) is 15.5. The second-order valence-corrected chi connectivity index (χ2v) is 5.42. The van der Waals surface area contributed by atoms with Crippen LogP contribution in [-0.4, -0.2) is 12.9 Å². The van der Waals surface area contributed by atoms with E-state index >= 15 is 0 Å². The molecule has 1 atom stereocenters. The Hall–Kier alpha value is -2.35. The van der Waals surface area contributed by atoms with Crippen LogP contribution in [0.15, 0.2) is 54.1 Å². The van der Waals surface area contributed by atoms with Crippen molar-refractivity contribution in [3.8, 4) is 5.75 Å². The van der Waals surface area contributed by atoms with E-state index in [-0.39, 0.29) is 5.78 Å². The number of ketones is 1. The van der Waals surface area contributed by atoms with Gasteiger partial charge in [0.15, 0.2) is 5.78 Å². The molecule has 2 aromatic rings. The molecule has 1 aliphatic rings. The SMILES string of the molecule is COc1ccc(C(=O)C2=C(C)C(C)c3ccccc32)cc1. The number of hydrogen-bond donors (Lipinski definition) is 0. The zero-order valence-corrected chi connectivity index (χ0v) is 12.5. The number of fused-ring (bicyclic) bond motifs is 1. The Morgan fingerprint density at radius 3 is 2.38 bits per heavy atom. The van der Waals surface area contributed by atoms with Crippen LogP contribution in [0.4, 0.5) is 0 Å². The lowest BCUT2D eigenvalue weighted by Gasteiger charge is -2.07. The van der Waals surface area contributed by atoms with Crippen LogP contribution in [0.25, 0.3) is 5.57 Å². The summed E-state index contributed by atoms with van der Waals surface area (Å²) >= 11 is 0. The average molecular weight is 278 g/mol. The topological polar surface area (TPSA) is 26.3 Å². The smallest absolute Gasteiger partial charge is 0.193 e. The maximum absolute atomic E-state index is 12.9. The van der Waals surface area contributed by atoms with Gasteiger partial charge in [-0.05, 0) is 42.3 Å². The molecule has 1 aliphatic carbocycles. The molecule has 2 aromatic carbocycles. The first kappa shape index (κ1) is 13.6. The van der Waals surface area contributed by atoms with E-state index in [9.17, 15) is 4.79 Å². The molecule has 0 saturated carbocycles. The molecule has 0 fully saturated rings. The third-order valence-corrected chi connectivity index (χ3v) is 4.32. The molecule has 0 bridgehead atoms. The summed E-state index contributed by atoms with van der Waals surface area (Å²) in [5, 5.41) is 0. The molecular formula is C19H18O2. The third-order valence-electron chi connectivity index (χ3n) is 4.32. The van der Waals surface area contributed by atoms with Crippen LogP contribution in [0.5, 0.6) is 5.75 Å². The molecule has 3 rings (SSSR count). The largest absolute Gasteiger partial charge is 0.497 e. The summed E-state index contributed by atoms with van der Waals surface area (Å²) in [5.74, 6) is 1.16. The number of benzene rings is 2.